The van der Waals surface area contributed by atoms with Gasteiger partial charge in [-0.2, -0.15) is 0 Å². The summed E-state index contributed by atoms with van der Waals surface area (Å²) in [6.45, 7) is 0. The maximum absolute atomic E-state index is 11.9. The highest BCUT2D eigenvalue weighted by Gasteiger charge is 2.49. The van der Waals surface area contributed by atoms with Crippen LogP contribution in [-0.4, -0.2) is 31.1 Å². The van der Waals surface area contributed by atoms with Gasteiger partial charge in [0.2, 0.25) is 11.8 Å². The van der Waals surface area contributed by atoms with E-state index in [4.69, 9.17) is 34.8 Å². The van der Waals surface area contributed by atoms with Crippen LogP contribution >= 0.6 is 46.8 Å². The van der Waals surface area contributed by atoms with Crippen LogP contribution in [0.3, 0.4) is 0 Å². The molecule has 1 saturated heterocycles. The van der Waals surface area contributed by atoms with E-state index in [2.05, 4.69) is 5.32 Å². The molecule has 2 aliphatic heterocycles. The first-order chi connectivity index (χ1) is 12.7. The summed E-state index contributed by atoms with van der Waals surface area (Å²) in [7, 11) is 0. The Kier molecular flexibility index (Phi) is 5.86. The van der Waals surface area contributed by atoms with Gasteiger partial charge in [-0.05, 0) is 25.0 Å². The second-order valence-corrected chi connectivity index (χ2v) is 10.1. The quantitative estimate of drug-likeness (QED) is 0.308. The van der Waals surface area contributed by atoms with Crippen molar-refractivity contribution in [2.24, 2.45) is 11.8 Å². The van der Waals surface area contributed by atoms with E-state index in [9.17, 15) is 19.2 Å². The van der Waals surface area contributed by atoms with Crippen molar-refractivity contribution in [2.45, 2.75) is 16.0 Å². The largest absolute Gasteiger partial charge is 0.288 e. The summed E-state index contributed by atoms with van der Waals surface area (Å²) in [5.41, 5.74) is 0.940. The van der Waals surface area contributed by atoms with Crippen LogP contribution in [0.1, 0.15) is 33.6 Å². The Morgan fingerprint density at radius 3 is 1.74 bits per heavy atom. The molecule has 0 radical (unpaired) electrons. The minimum atomic E-state index is -1.69. The summed E-state index contributed by atoms with van der Waals surface area (Å²) >= 11 is 17.4. The number of hydrogen-bond donors (Lipinski definition) is 1. The molecule has 2 atom stereocenters. The summed E-state index contributed by atoms with van der Waals surface area (Å²) < 4.78 is -0.693. The van der Waals surface area contributed by atoms with Crippen LogP contribution in [0.2, 0.25) is 0 Å². The van der Waals surface area contributed by atoms with Crippen LogP contribution in [0.15, 0.2) is 36.4 Å². The number of imide groups is 2. The predicted octanol–water partition coefficient (Wildman–Crippen LogP) is 3.48. The standard InChI is InChI=1S/C9H8Cl3NO2S.C8H5NO2/c10-9(11,12)16-13-7(14)5-3-1-2-4-6(5)8(13)15;10-7-5-3-1-2-4-6(5)8(11)9-7/h1-2,5-6H,3-4H2;1-4H,(H,9,10,11). The molecule has 1 aromatic rings. The number of benzene rings is 1. The van der Waals surface area contributed by atoms with Gasteiger partial charge in [-0.3, -0.25) is 24.5 Å². The van der Waals surface area contributed by atoms with Gasteiger partial charge < -0.3 is 0 Å². The first kappa shape index (κ1) is 20.2. The lowest BCUT2D eigenvalue weighted by atomic mass is 9.85. The lowest BCUT2D eigenvalue weighted by molar-refractivity contribution is -0.133. The molecule has 6 nitrogen and oxygen atoms in total. The number of alkyl halides is 3. The van der Waals surface area contributed by atoms with Gasteiger partial charge in [0.25, 0.3) is 14.9 Å². The molecule has 4 rings (SSSR count). The molecule has 4 amide bonds. The molecule has 10 heteroatoms. The van der Waals surface area contributed by atoms with Gasteiger partial charge in [0.05, 0.1) is 23.0 Å². The van der Waals surface area contributed by atoms with Crippen molar-refractivity contribution in [3.63, 3.8) is 0 Å². The van der Waals surface area contributed by atoms with Gasteiger partial charge in [0.15, 0.2) is 0 Å². The van der Waals surface area contributed by atoms with E-state index in [0.717, 1.165) is 4.31 Å². The van der Waals surface area contributed by atoms with Crippen molar-refractivity contribution in [1.29, 1.82) is 0 Å². The van der Waals surface area contributed by atoms with Crippen LogP contribution in [-0.2, 0) is 9.59 Å². The zero-order valence-corrected chi connectivity index (χ0v) is 16.7. The molecule has 0 aromatic heterocycles. The fraction of sp³-hybridized carbons (Fsp3) is 0.294. The van der Waals surface area contributed by atoms with Crippen molar-refractivity contribution in [3.05, 3.63) is 47.5 Å². The zero-order chi connectivity index (χ0) is 19.8. The lowest BCUT2D eigenvalue weighted by Gasteiger charge is -2.17. The minimum absolute atomic E-state index is 0.254. The third-order valence-corrected chi connectivity index (χ3v) is 5.68. The second kappa shape index (κ2) is 7.83. The number of nitrogens with one attached hydrogen (secondary N) is 1. The first-order valence-electron chi connectivity index (χ1n) is 7.92. The summed E-state index contributed by atoms with van der Waals surface area (Å²) in [5, 5.41) is 2.20. The van der Waals surface area contributed by atoms with Crippen molar-refractivity contribution in [1.82, 2.24) is 9.62 Å². The molecule has 0 spiro atoms. The van der Waals surface area contributed by atoms with Gasteiger partial charge in [-0.1, -0.05) is 59.1 Å². The number of hydrogen-bond acceptors (Lipinski definition) is 5. The van der Waals surface area contributed by atoms with E-state index in [1.54, 1.807) is 24.3 Å². The highest BCUT2D eigenvalue weighted by Crippen LogP contribution is 2.46. The summed E-state index contributed by atoms with van der Waals surface area (Å²) in [6.07, 6.45) is 5.00. The van der Waals surface area contributed by atoms with Crippen molar-refractivity contribution in [2.75, 3.05) is 0 Å². The summed E-state index contributed by atoms with van der Waals surface area (Å²) in [5.74, 6) is -1.67. The molecule has 2 heterocycles. The third-order valence-electron chi connectivity index (χ3n) is 4.31. The van der Waals surface area contributed by atoms with Gasteiger partial charge in [-0.15, -0.1) is 0 Å². The molecule has 1 fully saturated rings. The van der Waals surface area contributed by atoms with E-state index in [1.807, 2.05) is 12.2 Å². The molecular formula is C17H13Cl3N2O4S. The van der Waals surface area contributed by atoms with Crippen LogP contribution in [0, 0.1) is 11.8 Å². The Hall–Kier alpha value is -1.54. The Morgan fingerprint density at radius 2 is 1.33 bits per heavy atom. The van der Waals surface area contributed by atoms with E-state index in [-0.39, 0.29) is 35.5 Å². The molecule has 27 heavy (non-hydrogen) atoms. The minimum Gasteiger partial charge on any atom is -0.288 e. The average Bonchev–Trinajstić information content (AvgIpc) is 3.04. The summed E-state index contributed by atoms with van der Waals surface area (Å²) in [4.78, 5) is 45.7. The van der Waals surface area contributed by atoms with Gasteiger partial charge >= 0.3 is 0 Å². The van der Waals surface area contributed by atoms with Gasteiger partial charge in [-0.25, -0.2) is 4.31 Å². The number of carbonyl (C=O) groups excluding carboxylic acids is 4. The monoisotopic (exact) mass is 446 g/mol. The number of allylic oxidation sites excluding steroid dienone is 2. The SMILES string of the molecule is O=C1C2CC=CCC2C(=O)N1SC(Cl)(Cl)Cl.O=C1NC(=O)c2ccccc21. The first-order valence-corrected chi connectivity index (χ1v) is 9.83. The fourth-order valence-corrected chi connectivity index (χ4v) is 4.36. The zero-order valence-electron chi connectivity index (χ0n) is 13.7. The number of halogens is 3. The normalized spacial score (nSPS) is 23.6. The third kappa shape index (κ3) is 4.32. The number of fused-ring (bicyclic) bond motifs is 2. The van der Waals surface area contributed by atoms with Crippen LogP contribution < -0.4 is 5.32 Å². The van der Waals surface area contributed by atoms with Crippen molar-refractivity contribution >= 4 is 70.4 Å². The number of amides is 4. The number of rotatable bonds is 1. The molecular weight excluding hydrogens is 435 g/mol. The van der Waals surface area contributed by atoms with Crippen LogP contribution in [0.25, 0.3) is 0 Å². The molecule has 1 aliphatic carbocycles. The molecule has 1 aromatic carbocycles. The average molecular weight is 448 g/mol. The Morgan fingerprint density at radius 1 is 0.889 bits per heavy atom. The Bertz CT molecular complexity index is 794. The molecule has 0 saturated carbocycles. The van der Waals surface area contributed by atoms with Crippen LogP contribution in [0.4, 0.5) is 0 Å². The van der Waals surface area contributed by atoms with E-state index < -0.39 is 3.12 Å². The predicted molar refractivity (Wildman–Crippen MR) is 103 cm³/mol. The molecule has 3 aliphatic rings. The van der Waals surface area contributed by atoms with E-state index >= 15 is 0 Å². The van der Waals surface area contributed by atoms with Gasteiger partial charge in [0, 0.05) is 11.9 Å². The van der Waals surface area contributed by atoms with E-state index in [1.165, 1.54) is 0 Å². The maximum atomic E-state index is 11.9. The smallest absolute Gasteiger partial charge is 0.258 e. The Labute approximate surface area is 174 Å². The highest BCUT2D eigenvalue weighted by atomic mass is 35.6. The van der Waals surface area contributed by atoms with Crippen molar-refractivity contribution in [3.8, 4) is 0 Å². The van der Waals surface area contributed by atoms with Gasteiger partial charge in [0.1, 0.15) is 0 Å². The van der Waals surface area contributed by atoms with Crippen molar-refractivity contribution < 1.29 is 19.2 Å². The maximum Gasteiger partial charge on any atom is 0.258 e. The molecule has 0 bridgehead atoms. The Balaban J connectivity index is 0.000000166. The molecule has 1 N–H and O–H groups in total. The summed E-state index contributed by atoms with van der Waals surface area (Å²) in [6, 6.07) is 6.74. The number of carbonyl (C=O) groups is 4. The topological polar surface area (TPSA) is 83.6 Å². The molecule has 2 unspecified atom stereocenters. The highest BCUT2D eigenvalue weighted by molar-refractivity contribution is 8.03. The molecule has 142 valence electrons. The number of nitrogens with zero attached hydrogens (tertiary/aromatic N) is 1. The van der Waals surface area contributed by atoms with Crippen LogP contribution in [0.5, 0.6) is 0 Å². The van der Waals surface area contributed by atoms with E-state index in [0.29, 0.717) is 35.9 Å². The lowest BCUT2D eigenvalue weighted by Crippen LogP contribution is -2.26. The second-order valence-electron chi connectivity index (χ2n) is 5.99. The fourth-order valence-electron chi connectivity index (χ4n) is 3.08.